The summed E-state index contributed by atoms with van der Waals surface area (Å²) in [4.78, 5) is 2.69. The van der Waals surface area contributed by atoms with Crippen LogP contribution in [0, 0.1) is 23.7 Å². The van der Waals surface area contributed by atoms with Crippen molar-refractivity contribution in [2.45, 2.75) is 60.3 Å². The molecule has 0 aromatic rings. The van der Waals surface area contributed by atoms with Gasteiger partial charge in [0.15, 0.2) is 0 Å². The number of hydrogen-bond acceptors (Lipinski definition) is 1. The number of nitrogens with zero attached hydrogens (tertiary/aromatic N) is 1. The molecular formula is C16H33N. The van der Waals surface area contributed by atoms with Gasteiger partial charge in [-0.15, -0.1) is 0 Å². The molecule has 4 unspecified atom stereocenters. The van der Waals surface area contributed by atoms with Gasteiger partial charge in [-0.25, -0.2) is 0 Å². The van der Waals surface area contributed by atoms with E-state index in [1.165, 1.54) is 45.3 Å². The second kappa shape index (κ2) is 7.41. The average molecular weight is 239 g/mol. The number of likely N-dealkylation sites (tertiary alicyclic amines) is 1. The van der Waals surface area contributed by atoms with Crippen LogP contribution in [0.2, 0.25) is 0 Å². The molecule has 1 heterocycles. The largest absolute Gasteiger partial charge is 0.303 e. The Morgan fingerprint density at radius 2 is 1.35 bits per heavy atom. The van der Waals surface area contributed by atoms with Crippen LogP contribution in [0.4, 0.5) is 0 Å². The van der Waals surface area contributed by atoms with E-state index in [4.69, 9.17) is 0 Å². The summed E-state index contributed by atoms with van der Waals surface area (Å²) in [5.41, 5.74) is 0. The Bertz CT molecular complexity index is 196. The third kappa shape index (κ3) is 4.62. The fraction of sp³-hybridized carbons (Fsp3) is 1.00. The Kier molecular flexibility index (Phi) is 6.54. The van der Waals surface area contributed by atoms with E-state index >= 15 is 0 Å². The van der Waals surface area contributed by atoms with E-state index in [0.717, 1.165) is 23.7 Å². The van der Waals surface area contributed by atoms with Crippen LogP contribution in [-0.4, -0.2) is 24.5 Å². The van der Waals surface area contributed by atoms with Crippen molar-refractivity contribution in [2.24, 2.45) is 23.7 Å². The minimum absolute atomic E-state index is 0.845. The Morgan fingerprint density at radius 1 is 0.824 bits per heavy atom. The van der Waals surface area contributed by atoms with Crippen LogP contribution in [0.15, 0.2) is 0 Å². The van der Waals surface area contributed by atoms with E-state index in [0.29, 0.717) is 0 Å². The molecular weight excluding hydrogens is 206 g/mol. The molecule has 102 valence electrons. The average Bonchev–Trinajstić information content (AvgIpc) is 2.37. The van der Waals surface area contributed by atoms with Gasteiger partial charge in [-0.3, -0.25) is 0 Å². The van der Waals surface area contributed by atoms with E-state index in [9.17, 15) is 0 Å². The molecule has 1 saturated heterocycles. The van der Waals surface area contributed by atoms with E-state index < -0.39 is 0 Å². The highest BCUT2D eigenvalue weighted by atomic mass is 15.1. The summed E-state index contributed by atoms with van der Waals surface area (Å²) in [6, 6.07) is 0. The van der Waals surface area contributed by atoms with Gasteiger partial charge in [0.05, 0.1) is 0 Å². The van der Waals surface area contributed by atoms with Crippen LogP contribution in [-0.2, 0) is 0 Å². The van der Waals surface area contributed by atoms with Crippen molar-refractivity contribution in [3.63, 3.8) is 0 Å². The van der Waals surface area contributed by atoms with Crippen LogP contribution in [0.25, 0.3) is 0 Å². The van der Waals surface area contributed by atoms with Crippen LogP contribution < -0.4 is 0 Å². The molecule has 0 aromatic carbocycles. The van der Waals surface area contributed by atoms with Crippen LogP contribution in [0.5, 0.6) is 0 Å². The van der Waals surface area contributed by atoms with Gasteiger partial charge >= 0.3 is 0 Å². The summed E-state index contributed by atoms with van der Waals surface area (Å²) in [7, 11) is 0. The van der Waals surface area contributed by atoms with Crippen molar-refractivity contribution in [1.82, 2.24) is 4.90 Å². The molecule has 1 fully saturated rings. The zero-order chi connectivity index (χ0) is 12.8. The Hall–Kier alpha value is -0.0400. The molecule has 0 spiro atoms. The molecule has 1 aliphatic rings. The third-order valence-corrected chi connectivity index (χ3v) is 5.26. The second-order valence-corrected chi connectivity index (χ2v) is 6.44. The smallest absolute Gasteiger partial charge is 0.000966 e. The van der Waals surface area contributed by atoms with Gasteiger partial charge in [0.2, 0.25) is 0 Å². The summed E-state index contributed by atoms with van der Waals surface area (Å²) in [6.07, 6.45) is 5.61. The first kappa shape index (κ1) is 15.0. The first-order chi connectivity index (χ1) is 8.06. The number of rotatable bonds is 6. The summed E-state index contributed by atoms with van der Waals surface area (Å²) in [5.74, 6) is 3.43. The zero-order valence-electron chi connectivity index (χ0n) is 12.7. The first-order valence-corrected chi connectivity index (χ1v) is 7.78. The molecule has 0 bridgehead atoms. The van der Waals surface area contributed by atoms with Gasteiger partial charge in [-0.2, -0.15) is 0 Å². The summed E-state index contributed by atoms with van der Waals surface area (Å²) >= 11 is 0. The minimum Gasteiger partial charge on any atom is -0.303 e. The van der Waals surface area contributed by atoms with Crippen molar-refractivity contribution < 1.29 is 0 Å². The molecule has 4 atom stereocenters. The molecule has 1 rings (SSSR count). The van der Waals surface area contributed by atoms with Crippen molar-refractivity contribution in [2.75, 3.05) is 19.6 Å². The molecule has 17 heavy (non-hydrogen) atoms. The second-order valence-electron chi connectivity index (χ2n) is 6.44. The van der Waals surface area contributed by atoms with Gasteiger partial charge in [-0.05, 0) is 49.6 Å². The van der Waals surface area contributed by atoms with E-state index in [2.05, 4.69) is 39.5 Å². The SMILES string of the molecule is CCC(C)C(C)C(C)C(C)CN1CCCCC1. The van der Waals surface area contributed by atoms with Crippen LogP contribution >= 0.6 is 0 Å². The number of piperidine rings is 1. The maximum absolute atomic E-state index is 2.69. The minimum atomic E-state index is 0.845. The third-order valence-electron chi connectivity index (χ3n) is 5.26. The van der Waals surface area contributed by atoms with Gasteiger partial charge in [0.1, 0.15) is 0 Å². The molecule has 0 aliphatic carbocycles. The van der Waals surface area contributed by atoms with E-state index in [1.807, 2.05) is 0 Å². The Morgan fingerprint density at radius 3 is 1.88 bits per heavy atom. The van der Waals surface area contributed by atoms with Crippen LogP contribution in [0.3, 0.4) is 0 Å². The lowest BCUT2D eigenvalue weighted by molar-refractivity contribution is 0.138. The normalized spacial score (nSPS) is 25.2. The maximum atomic E-state index is 2.69. The molecule has 1 aliphatic heterocycles. The van der Waals surface area contributed by atoms with Gasteiger partial charge < -0.3 is 4.90 Å². The molecule has 0 aromatic heterocycles. The Balaban J connectivity index is 2.37. The van der Waals surface area contributed by atoms with Crippen molar-refractivity contribution >= 4 is 0 Å². The summed E-state index contributed by atoms with van der Waals surface area (Å²) < 4.78 is 0. The molecule has 0 N–H and O–H groups in total. The highest BCUT2D eigenvalue weighted by Crippen LogP contribution is 2.29. The predicted octanol–water partition coefficient (Wildman–Crippen LogP) is 4.43. The lowest BCUT2D eigenvalue weighted by atomic mass is 9.77. The monoisotopic (exact) mass is 239 g/mol. The van der Waals surface area contributed by atoms with E-state index in [1.54, 1.807) is 0 Å². The molecule has 1 heteroatoms. The standard InChI is InChI=1S/C16H33N/c1-6-13(2)15(4)16(5)14(3)12-17-10-8-7-9-11-17/h13-16H,6-12H2,1-5H3. The Labute approximate surface area is 109 Å². The highest BCUT2D eigenvalue weighted by molar-refractivity contribution is 4.75. The molecule has 0 saturated carbocycles. The fourth-order valence-corrected chi connectivity index (χ4v) is 3.12. The number of hydrogen-bond donors (Lipinski definition) is 0. The van der Waals surface area contributed by atoms with Crippen molar-refractivity contribution in [3.8, 4) is 0 Å². The quantitative estimate of drug-likeness (QED) is 0.663. The molecule has 0 amide bonds. The van der Waals surface area contributed by atoms with Crippen molar-refractivity contribution in [3.05, 3.63) is 0 Å². The fourth-order valence-electron chi connectivity index (χ4n) is 3.12. The first-order valence-electron chi connectivity index (χ1n) is 7.78. The zero-order valence-corrected chi connectivity index (χ0v) is 12.7. The van der Waals surface area contributed by atoms with Crippen LogP contribution in [0.1, 0.15) is 60.3 Å². The predicted molar refractivity (Wildman–Crippen MR) is 77.2 cm³/mol. The molecule has 0 radical (unpaired) electrons. The van der Waals surface area contributed by atoms with Gasteiger partial charge in [-0.1, -0.05) is 47.5 Å². The molecule has 1 nitrogen and oxygen atoms in total. The summed E-state index contributed by atoms with van der Waals surface area (Å²) in [5, 5.41) is 0. The lowest BCUT2D eigenvalue weighted by Crippen LogP contribution is -2.36. The van der Waals surface area contributed by atoms with Gasteiger partial charge in [0.25, 0.3) is 0 Å². The van der Waals surface area contributed by atoms with Crippen molar-refractivity contribution in [1.29, 1.82) is 0 Å². The highest BCUT2D eigenvalue weighted by Gasteiger charge is 2.24. The maximum Gasteiger partial charge on any atom is 0.000966 e. The lowest BCUT2D eigenvalue weighted by Gasteiger charge is -2.35. The topological polar surface area (TPSA) is 3.24 Å². The summed E-state index contributed by atoms with van der Waals surface area (Å²) in [6.45, 7) is 16.1. The van der Waals surface area contributed by atoms with E-state index in [-0.39, 0.29) is 0 Å². The van der Waals surface area contributed by atoms with Gasteiger partial charge in [0, 0.05) is 6.54 Å².